The molecule has 0 fully saturated rings. The van der Waals surface area contributed by atoms with Crippen LogP contribution < -0.4 is 10.9 Å². The monoisotopic (exact) mass is 324 g/mol. The maximum atomic E-state index is 12.7. The van der Waals surface area contributed by atoms with E-state index in [0.717, 1.165) is 28.0 Å². The molecule has 0 aliphatic heterocycles. The van der Waals surface area contributed by atoms with Crippen LogP contribution in [-0.2, 0) is 17.5 Å². The number of carbonyl (C=O) groups is 1. The number of hydrogen-bond donors (Lipinski definition) is 1. The summed E-state index contributed by atoms with van der Waals surface area (Å²) >= 11 is 0. The number of pyridine rings is 1. The van der Waals surface area contributed by atoms with E-state index in [2.05, 4.69) is 5.32 Å². The minimum atomic E-state index is -4.75. The first kappa shape index (κ1) is 16.8. The molecule has 2 aromatic rings. The third-order valence-corrected chi connectivity index (χ3v) is 3.14. The molecule has 0 saturated carbocycles. The van der Waals surface area contributed by atoms with Crippen LogP contribution in [0, 0.1) is 13.8 Å². The second kappa shape index (κ2) is 6.28. The molecule has 0 spiro atoms. The van der Waals surface area contributed by atoms with Gasteiger partial charge in [-0.05, 0) is 49.2 Å². The molecule has 0 bridgehead atoms. The zero-order chi connectivity index (χ0) is 17.2. The van der Waals surface area contributed by atoms with Gasteiger partial charge in [-0.2, -0.15) is 13.2 Å². The lowest BCUT2D eigenvalue weighted by molar-refractivity contribution is -0.139. The molecule has 1 aromatic heterocycles. The van der Waals surface area contributed by atoms with Crippen molar-refractivity contribution >= 4 is 11.6 Å². The number of aromatic nitrogens is 1. The molecule has 7 heteroatoms. The number of aryl methyl sites for hydroxylation is 2. The van der Waals surface area contributed by atoms with Crippen LogP contribution in [0.4, 0.5) is 18.9 Å². The fourth-order valence-corrected chi connectivity index (χ4v) is 2.28. The highest BCUT2D eigenvalue weighted by molar-refractivity contribution is 5.90. The van der Waals surface area contributed by atoms with Gasteiger partial charge < -0.3 is 9.88 Å². The largest absolute Gasteiger partial charge is 0.421 e. The van der Waals surface area contributed by atoms with Crippen molar-refractivity contribution in [1.82, 2.24) is 4.57 Å². The molecule has 1 amide bonds. The van der Waals surface area contributed by atoms with E-state index in [1.54, 1.807) is 12.1 Å². The normalized spacial score (nSPS) is 11.3. The standard InChI is InChI=1S/C16H15F3N2O2/c1-10-6-11(2)8-12(7-10)20-14(22)9-21-5-3-4-13(15(21)23)16(17,18)19/h3-8H,9H2,1-2H3,(H,20,22). The number of hydrogen-bond acceptors (Lipinski definition) is 2. The summed E-state index contributed by atoms with van der Waals surface area (Å²) in [5, 5.41) is 2.58. The van der Waals surface area contributed by atoms with Crippen molar-refractivity contribution in [2.45, 2.75) is 26.6 Å². The van der Waals surface area contributed by atoms with Crippen LogP contribution >= 0.6 is 0 Å². The van der Waals surface area contributed by atoms with Crippen molar-refractivity contribution in [2.75, 3.05) is 5.32 Å². The number of rotatable bonds is 3. The van der Waals surface area contributed by atoms with Crippen LogP contribution in [0.5, 0.6) is 0 Å². The number of halogens is 3. The first-order chi connectivity index (χ1) is 10.7. The number of nitrogens with one attached hydrogen (secondary N) is 1. The molecule has 1 N–H and O–H groups in total. The molecule has 0 saturated heterocycles. The minimum Gasteiger partial charge on any atom is -0.325 e. The van der Waals surface area contributed by atoms with Crippen molar-refractivity contribution in [1.29, 1.82) is 0 Å². The predicted molar refractivity (Wildman–Crippen MR) is 80.2 cm³/mol. The lowest BCUT2D eigenvalue weighted by Gasteiger charge is -2.11. The fraction of sp³-hybridized carbons (Fsp3) is 0.250. The lowest BCUT2D eigenvalue weighted by atomic mass is 10.1. The van der Waals surface area contributed by atoms with Gasteiger partial charge in [-0.15, -0.1) is 0 Å². The van der Waals surface area contributed by atoms with Crippen LogP contribution in [-0.4, -0.2) is 10.5 Å². The van der Waals surface area contributed by atoms with Gasteiger partial charge >= 0.3 is 6.18 Å². The van der Waals surface area contributed by atoms with Gasteiger partial charge in [0.15, 0.2) is 0 Å². The summed E-state index contributed by atoms with van der Waals surface area (Å²) in [6.07, 6.45) is -3.59. The topological polar surface area (TPSA) is 51.1 Å². The molecule has 0 atom stereocenters. The van der Waals surface area contributed by atoms with Gasteiger partial charge in [0.1, 0.15) is 12.1 Å². The van der Waals surface area contributed by atoms with Crippen LogP contribution in [0.25, 0.3) is 0 Å². The molecule has 1 aromatic carbocycles. The Labute approximate surface area is 130 Å². The average molecular weight is 324 g/mol. The predicted octanol–water partition coefficient (Wildman–Crippen LogP) is 3.12. The van der Waals surface area contributed by atoms with Crippen molar-refractivity contribution < 1.29 is 18.0 Å². The molecular weight excluding hydrogens is 309 g/mol. The number of carbonyl (C=O) groups excluding carboxylic acids is 1. The summed E-state index contributed by atoms with van der Waals surface area (Å²) in [5.41, 5.74) is -0.115. The van der Waals surface area contributed by atoms with Gasteiger partial charge in [0.05, 0.1) is 0 Å². The third kappa shape index (κ3) is 4.21. The summed E-state index contributed by atoms with van der Waals surface area (Å²) in [5.74, 6) is -0.573. The highest BCUT2D eigenvalue weighted by Crippen LogP contribution is 2.25. The van der Waals surface area contributed by atoms with Gasteiger partial charge in [-0.25, -0.2) is 0 Å². The summed E-state index contributed by atoms with van der Waals surface area (Å²) in [6, 6.07) is 7.18. The number of nitrogens with zero attached hydrogens (tertiary/aromatic N) is 1. The van der Waals surface area contributed by atoms with Crippen LogP contribution in [0.3, 0.4) is 0 Å². The Morgan fingerprint density at radius 3 is 2.35 bits per heavy atom. The lowest BCUT2D eigenvalue weighted by Crippen LogP contribution is -2.31. The van der Waals surface area contributed by atoms with E-state index in [-0.39, 0.29) is 0 Å². The van der Waals surface area contributed by atoms with Crippen molar-refractivity contribution in [3.63, 3.8) is 0 Å². The van der Waals surface area contributed by atoms with E-state index in [1.807, 2.05) is 19.9 Å². The van der Waals surface area contributed by atoms with Gasteiger partial charge in [0, 0.05) is 11.9 Å². The van der Waals surface area contributed by atoms with Crippen LogP contribution in [0.1, 0.15) is 16.7 Å². The maximum absolute atomic E-state index is 12.7. The van der Waals surface area contributed by atoms with Gasteiger partial charge in [0.2, 0.25) is 5.91 Å². The molecule has 122 valence electrons. The molecule has 0 aliphatic rings. The SMILES string of the molecule is Cc1cc(C)cc(NC(=O)Cn2cccc(C(F)(F)F)c2=O)c1. The second-order valence-corrected chi connectivity index (χ2v) is 5.28. The number of alkyl halides is 3. The van der Waals surface area contributed by atoms with Crippen LogP contribution in [0.15, 0.2) is 41.3 Å². The van der Waals surface area contributed by atoms with E-state index < -0.39 is 29.8 Å². The molecule has 2 rings (SSSR count). The molecular formula is C16H15F3N2O2. The first-order valence-corrected chi connectivity index (χ1v) is 6.81. The number of benzene rings is 1. The molecule has 0 radical (unpaired) electrons. The van der Waals surface area contributed by atoms with Gasteiger partial charge in [-0.3, -0.25) is 9.59 Å². The molecule has 23 heavy (non-hydrogen) atoms. The highest BCUT2D eigenvalue weighted by Gasteiger charge is 2.34. The second-order valence-electron chi connectivity index (χ2n) is 5.28. The third-order valence-electron chi connectivity index (χ3n) is 3.14. The Balaban J connectivity index is 2.19. The van der Waals surface area contributed by atoms with E-state index >= 15 is 0 Å². The Morgan fingerprint density at radius 1 is 1.17 bits per heavy atom. The van der Waals surface area contributed by atoms with Gasteiger partial charge in [-0.1, -0.05) is 6.07 Å². The number of anilines is 1. The summed E-state index contributed by atoms with van der Waals surface area (Å²) in [6.45, 7) is 3.23. The molecule has 0 unspecified atom stereocenters. The zero-order valence-electron chi connectivity index (χ0n) is 12.6. The Morgan fingerprint density at radius 2 is 1.78 bits per heavy atom. The fourth-order valence-electron chi connectivity index (χ4n) is 2.28. The minimum absolute atomic E-state index is 0.490. The highest BCUT2D eigenvalue weighted by atomic mass is 19.4. The molecule has 4 nitrogen and oxygen atoms in total. The van der Waals surface area contributed by atoms with Crippen molar-refractivity contribution in [3.8, 4) is 0 Å². The number of amides is 1. The quantitative estimate of drug-likeness (QED) is 0.943. The average Bonchev–Trinajstić information content (AvgIpc) is 2.38. The van der Waals surface area contributed by atoms with Crippen LogP contribution in [0.2, 0.25) is 0 Å². The summed E-state index contributed by atoms with van der Waals surface area (Å²) in [4.78, 5) is 23.7. The van der Waals surface area contributed by atoms with E-state index in [4.69, 9.17) is 0 Å². The Bertz CT molecular complexity index is 774. The Hall–Kier alpha value is -2.57. The maximum Gasteiger partial charge on any atom is 0.421 e. The summed E-state index contributed by atoms with van der Waals surface area (Å²) in [7, 11) is 0. The zero-order valence-corrected chi connectivity index (χ0v) is 12.6. The smallest absolute Gasteiger partial charge is 0.325 e. The first-order valence-electron chi connectivity index (χ1n) is 6.81. The molecule has 0 aliphatic carbocycles. The van der Waals surface area contributed by atoms with E-state index in [0.29, 0.717) is 11.8 Å². The summed E-state index contributed by atoms with van der Waals surface area (Å²) < 4.78 is 38.8. The molecule has 1 heterocycles. The van der Waals surface area contributed by atoms with Crippen molar-refractivity contribution in [3.05, 3.63) is 63.6 Å². The van der Waals surface area contributed by atoms with E-state index in [1.165, 1.54) is 0 Å². The van der Waals surface area contributed by atoms with Crippen molar-refractivity contribution in [2.24, 2.45) is 0 Å². The van der Waals surface area contributed by atoms with Gasteiger partial charge in [0.25, 0.3) is 5.56 Å². The Kier molecular flexibility index (Phi) is 4.58. The van der Waals surface area contributed by atoms with E-state index in [9.17, 15) is 22.8 Å².